The lowest BCUT2D eigenvalue weighted by molar-refractivity contribution is -0.140. The standard InChI is InChI=1S/C37H54N8O4/c1-2-3-4-5-12-17-29-48-32-27-22-28(33(32)49-29)31(35(47)41-19-21-43-37(39)45-24-26-15-10-7-11-16-26)30(27)34(46)40-18-20-42-36(38)44-23-25-13-8-6-9-14-25/h6-11,13-16,27-33H,2-5,12,17-24H2,1H3,(H,40,46)(H,41,47)(H3,38,42,44)(H3,39,43,45)/t27-,28+,29?,30-,31-,32-,33+/m1/s1. The van der Waals surface area contributed by atoms with E-state index in [2.05, 4.69) is 38.2 Å². The first-order valence-electron chi connectivity index (χ1n) is 18.0. The van der Waals surface area contributed by atoms with Crippen molar-refractivity contribution >= 4 is 23.7 Å². The minimum absolute atomic E-state index is 0.0832. The van der Waals surface area contributed by atoms with E-state index >= 15 is 0 Å². The molecule has 3 aliphatic rings. The summed E-state index contributed by atoms with van der Waals surface area (Å²) in [7, 11) is 0. The number of aliphatic imine (C=N–C) groups is 2. The van der Waals surface area contributed by atoms with Crippen LogP contribution in [0.3, 0.4) is 0 Å². The van der Waals surface area contributed by atoms with Gasteiger partial charge in [0.1, 0.15) is 0 Å². The Balaban J connectivity index is 1.13. The Labute approximate surface area is 290 Å². The topological polar surface area (TPSA) is 177 Å². The average Bonchev–Trinajstić information content (AvgIpc) is 3.82. The summed E-state index contributed by atoms with van der Waals surface area (Å²) in [5.74, 6) is -0.838. The van der Waals surface area contributed by atoms with Crippen LogP contribution in [0.2, 0.25) is 0 Å². The van der Waals surface area contributed by atoms with Gasteiger partial charge >= 0.3 is 0 Å². The van der Waals surface area contributed by atoms with Crippen molar-refractivity contribution < 1.29 is 19.1 Å². The molecule has 1 heterocycles. The van der Waals surface area contributed by atoms with Gasteiger partial charge in [0.05, 0.1) is 37.1 Å². The summed E-state index contributed by atoms with van der Waals surface area (Å²) in [5, 5.41) is 12.2. The van der Waals surface area contributed by atoms with Gasteiger partial charge in [-0.05, 0) is 30.4 Å². The number of carbonyl (C=O) groups is 2. The fourth-order valence-electron chi connectivity index (χ4n) is 7.43. The summed E-state index contributed by atoms with van der Waals surface area (Å²) in [6.07, 6.45) is 6.78. The Kier molecular flexibility index (Phi) is 13.7. The lowest BCUT2D eigenvalue weighted by atomic mass is 9.75. The zero-order valence-electron chi connectivity index (χ0n) is 28.7. The second kappa shape index (κ2) is 18.6. The molecule has 2 aromatic carbocycles. The Hall–Kier alpha value is -4.16. The monoisotopic (exact) mass is 674 g/mol. The lowest BCUT2D eigenvalue weighted by Crippen LogP contribution is -2.53. The van der Waals surface area contributed by atoms with Crippen LogP contribution >= 0.6 is 0 Å². The van der Waals surface area contributed by atoms with Crippen LogP contribution in [-0.4, -0.2) is 68.4 Å². The number of nitrogens with one attached hydrogen (secondary N) is 4. The zero-order valence-corrected chi connectivity index (χ0v) is 28.7. The van der Waals surface area contributed by atoms with E-state index in [-0.39, 0.29) is 42.1 Å². The number of nitrogens with zero attached hydrogens (tertiary/aromatic N) is 2. The van der Waals surface area contributed by atoms with Gasteiger partial charge in [-0.2, -0.15) is 0 Å². The Morgan fingerprint density at radius 1 is 0.673 bits per heavy atom. The normalized spacial score (nSPS) is 25.9. The van der Waals surface area contributed by atoms with E-state index in [1.165, 1.54) is 19.3 Å². The van der Waals surface area contributed by atoms with E-state index in [1.54, 1.807) is 0 Å². The molecule has 49 heavy (non-hydrogen) atoms. The number of nitrogens with two attached hydrogens (primary N) is 2. The largest absolute Gasteiger partial charge is 0.370 e. The van der Waals surface area contributed by atoms with Gasteiger partial charge in [0.2, 0.25) is 11.8 Å². The third kappa shape index (κ3) is 10.2. The van der Waals surface area contributed by atoms with Crippen molar-refractivity contribution in [3.8, 4) is 0 Å². The van der Waals surface area contributed by atoms with Crippen LogP contribution < -0.4 is 32.7 Å². The van der Waals surface area contributed by atoms with Gasteiger partial charge in [0.15, 0.2) is 18.2 Å². The minimum Gasteiger partial charge on any atom is -0.370 e. The van der Waals surface area contributed by atoms with Gasteiger partial charge in [0.25, 0.3) is 0 Å². The van der Waals surface area contributed by atoms with Gasteiger partial charge in [-0.15, -0.1) is 0 Å². The van der Waals surface area contributed by atoms with Crippen molar-refractivity contribution in [1.29, 1.82) is 0 Å². The van der Waals surface area contributed by atoms with Crippen molar-refractivity contribution in [2.24, 2.45) is 45.1 Å². The summed E-state index contributed by atoms with van der Waals surface area (Å²) < 4.78 is 12.8. The SMILES string of the molecule is CCCCCCCC1O[C@@H]2[C@@H]3C[C@H]([C@@H]2O1)[C@@H](C(=O)NCCNC(N)=NCc1ccccc1)[C@@H]3C(=O)NCCNC(N)=NCc1ccccc1. The molecular weight excluding hydrogens is 620 g/mol. The maximum atomic E-state index is 13.7. The lowest BCUT2D eigenvalue weighted by Gasteiger charge is -2.34. The third-order valence-electron chi connectivity index (χ3n) is 9.80. The molecule has 8 N–H and O–H groups in total. The van der Waals surface area contributed by atoms with Crippen molar-refractivity contribution in [2.45, 2.75) is 83.5 Å². The molecule has 2 bridgehead atoms. The molecule has 2 aromatic rings. The van der Waals surface area contributed by atoms with Crippen molar-refractivity contribution in [3.63, 3.8) is 0 Å². The van der Waals surface area contributed by atoms with E-state index in [4.69, 9.17) is 20.9 Å². The minimum atomic E-state index is -0.507. The van der Waals surface area contributed by atoms with Gasteiger partial charge < -0.3 is 42.2 Å². The molecular formula is C37H54N8O4. The second-order valence-electron chi connectivity index (χ2n) is 13.3. The average molecular weight is 675 g/mol. The van der Waals surface area contributed by atoms with Crippen molar-refractivity contribution in [3.05, 3.63) is 71.8 Å². The van der Waals surface area contributed by atoms with Gasteiger partial charge in [-0.25, -0.2) is 9.98 Å². The molecule has 2 saturated carbocycles. The fourth-order valence-corrected chi connectivity index (χ4v) is 7.43. The maximum Gasteiger partial charge on any atom is 0.224 e. The molecule has 0 radical (unpaired) electrons. The summed E-state index contributed by atoms with van der Waals surface area (Å²) in [4.78, 5) is 36.2. The van der Waals surface area contributed by atoms with Crippen LogP contribution in [0.4, 0.5) is 0 Å². The summed E-state index contributed by atoms with van der Waals surface area (Å²) in [6.45, 7) is 4.68. The quantitative estimate of drug-likeness (QED) is 0.0795. The van der Waals surface area contributed by atoms with Gasteiger partial charge in [0, 0.05) is 38.0 Å². The van der Waals surface area contributed by atoms with Gasteiger partial charge in [-0.3, -0.25) is 9.59 Å². The highest BCUT2D eigenvalue weighted by atomic mass is 16.7. The molecule has 0 spiro atoms. The molecule has 2 amide bonds. The fraction of sp³-hybridized carbons (Fsp3) is 0.568. The summed E-state index contributed by atoms with van der Waals surface area (Å²) >= 11 is 0. The molecule has 1 aliphatic heterocycles. The zero-order chi connectivity index (χ0) is 34.4. The third-order valence-corrected chi connectivity index (χ3v) is 9.80. The number of ether oxygens (including phenoxy) is 2. The molecule has 266 valence electrons. The molecule has 12 heteroatoms. The molecule has 0 aromatic heterocycles. The number of hydrogen-bond acceptors (Lipinski definition) is 6. The number of carbonyl (C=O) groups excluding carboxylic acids is 2. The predicted molar refractivity (Wildman–Crippen MR) is 191 cm³/mol. The number of fused-ring (bicyclic) bond motifs is 5. The first-order chi connectivity index (χ1) is 23.9. The number of rotatable bonds is 18. The Bertz CT molecular complexity index is 1290. The number of guanidine groups is 2. The summed E-state index contributed by atoms with van der Waals surface area (Å²) in [5.41, 5.74) is 14.2. The van der Waals surface area contributed by atoms with Crippen LogP contribution in [0, 0.1) is 23.7 Å². The smallest absolute Gasteiger partial charge is 0.224 e. The second-order valence-corrected chi connectivity index (χ2v) is 13.3. The van der Waals surface area contributed by atoms with Crippen LogP contribution in [0.1, 0.15) is 63.0 Å². The highest BCUT2D eigenvalue weighted by Crippen LogP contribution is 2.57. The molecule has 2 aliphatic carbocycles. The van der Waals surface area contributed by atoms with E-state index < -0.39 is 11.8 Å². The van der Waals surface area contributed by atoms with E-state index in [9.17, 15) is 9.59 Å². The molecule has 5 rings (SSSR count). The summed E-state index contributed by atoms with van der Waals surface area (Å²) in [6, 6.07) is 19.7. The van der Waals surface area contributed by atoms with Crippen LogP contribution in [0.25, 0.3) is 0 Å². The van der Waals surface area contributed by atoms with Crippen molar-refractivity contribution in [1.82, 2.24) is 21.3 Å². The number of benzene rings is 2. The molecule has 1 saturated heterocycles. The molecule has 12 nitrogen and oxygen atoms in total. The highest BCUT2D eigenvalue weighted by molar-refractivity contribution is 5.89. The number of hydrogen-bond donors (Lipinski definition) is 6. The van der Waals surface area contributed by atoms with Gasteiger partial charge in [-0.1, -0.05) is 93.3 Å². The van der Waals surface area contributed by atoms with Crippen LogP contribution in [0.5, 0.6) is 0 Å². The molecule has 3 fully saturated rings. The Morgan fingerprint density at radius 2 is 1.12 bits per heavy atom. The number of amides is 2. The van der Waals surface area contributed by atoms with E-state index in [0.29, 0.717) is 51.2 Å². The van der Waals surface area contributed by atoms with Crippen LogP contribution in [-0.2, 0) is 32.2 Å². The first-order valence-corrected chi connectivity index (χ1v) is 18.0. The number of unbranched alkanes of at least 4 members (excludes halogenated alkanes) is 4. The van der Waals surface area contributed by atoms with Crippen molar-refractivity contribution in [2.75, 3.05) is 26.2 Å². The molecule has 7 atom stereocenters. The predicted octanol–water partition coefficient (Wildman–Crippen LogP) is 2.78. The highest BCUT2D eigenvalue weighted by Gasteiger charge is 2.66. The maximum absolute atomic E-state index is 13.7. The van der Waals surface area contributed by atoms with Crippen LogP contribution in [0.15, 0.2) is 70.6 Å². The first kappa shape index (κ1) is 36.1. The van der Waals surface area contributed by atoms with E-state index in [1.807, 2.05) is 60.7 Å². The Morgan fingerprint density at radius 3 is 1.59 bits per heavy atom. The molecule has 1 unspecified atom stereocenters. The van der Waals surface area contributed by atoms with E-state index in [0.717, 1.165) is 36.8 Å².